The molecule has 0 radical (unpaired) electrons. The lowest BCUT2D eigenvalue weighted by Gasteiger charge is -2.17. The van der Waals surface area contributed by atoms with Gasteiger partial charge in [0.05, 0.1) is 6.61 Å². The highest BCUT2D eigenvalue weighted by atomic mass is 127. The van der Waals surface area contributed by atoms with Gasteiger partial charge in [-0.2, -0.15) is 0 Å². The maximum absolute atomic E-state index is 6.04. The predicted octanol–water partition coefficient (Wildman–Crippen LogP) is 9.79. The Hall–Kier alpha value is -2.07. The summed E-state index contributed by atoms with van der Waals surface area (Å²) in [6, 6.07) is 28.3. The van der Waals surface area contributed by atoms with Crippen LogP contribution >= 0.6 is 22.6 Å². The van der Waals surface area contributed by atoms with Gasteiger partial charge in [-0.25, -0.2) is 0 Å². The predicted molar refractivity (Wildman–Crippen MR) is 152 cm³/mol. The van der Waals surface area contributed by atoms with Crippen LogP contribution in [0.2, 0.25) is 0 Å². The highest BCUT2D eigenvalue weighted by Gasteiger charge is 2.13. The Morgan fingerprint density at radius 1 is 0.636 bits per heavy atom. The number of rotatable bonds is 13. The molecule has 0 saturated carbocycles. The van der Waals surface area contributed by atoms with Crippen molar-refractivity contribution in [2.45, 2.75) is 65.2 Å². The molecule has 0 fully saturated rings. The lowest BCUT2D eigenvalue weighted by Crippen LogP contribution is -1.98. The second-order valence-corrected chi connectivity index (χ2v) is 9.82. The first-order valence-electron chi connectivity index (χ1n) is 12.5. The number of hydrogen-bond acceptors (Lipinski definition) is 1. The second kappa shape index (κ2) is 14.2. The molecule has 0 bridgehead atoms. The number of halogens is 1. The molecule has 0 aliphatic rings. The van der Waals surface area contributed by atoms with Crippen molar-refractivity contribution in [1.29, 1.82) is 0 Å². The number of hydrogen-bond donors (Lipinski definition) is 0. The number of allylic oxidation sites excluding steroid dienone is 1. The van der Waals surface area contributed by atoms with E-state index in [4.69, 9.17) is 4.74 Å². The molecule has 3 rings (SSSR count). The summed E-state index contributed by atoms with van der Waals surface area (Å²) >= 11 is 2.37. The van der Waals surface area contributed by atoms with Gasteiger partial charge >= 0.3 is 0 Å². The van der Waals surface area contributed by atoms with Crippen LogP contribution in [0.5, 0.6) is 5.75 Å². The smallest absolute Gasteiger partial charge is 0.119 e. The zero-order valence-electron chi connectivity index (χ0n) is 20.2. The summed E-state index contributed by atoms with van der Waals surface area (Å²) in [4.78, 5) is 0. The Morgan fingerprint density at radius 3 is 1.82 bits per heavy atom. The summed E-state index contributed by atoms with van der Waals surface area (Å²) in [7, 11) is 0. The lowest BCUT2D eigenvalue weighted by atomic mass is 9.88. The molecule has 0 aliphatic carbocycles. The molecule has 0 atom stereocenters. The molecule has 0 amide bonds. The minimum absolute atomic E-state index is 0.803. The van der Waals surface area contributed by atoms with E-state index >= 15 is 0 Å². The van der Waals surface area contributed by atoms with E-state index in [1.165, 1.54) is 69.9 Å². The van der Waals surface area contributed by atoms with E-state index in [2.05, 4.69) is 115 Å². The molecule has 3 aromatic rings. The summed E-state index contributed by atoms with van der Waals surface area (Å²) in [6.07, 6.45) is 10.1. The fourth-order valence-electron chi connectivity index (χ4n) is 4.26. The third kappa shape index (κ3) is 8.03. The van der Waals surface area contributed by atoms with Crippen LogP contribution in [0.3, 0.4) is 0 Å². The Morgan fingerprint density at radius 2 is 1.21 bits per heavy atom. The van der Waals surface area contributed by atoms with E-state index in [0.29, 0.717) is 0 Å². The summed E-state index contributed by atoms with van der Waals surface area (Å²) in [6.45, 7) is 5.31. The van der Waals surface area contributed by atoms with Gasteiger partial charge in [0.2, 0.25) is 0 Å². The summed E-state index contributed by atoms with van der Waals surface area (Å²) in [5.74, 6) is 0.962. The van der Waals surface area contributed by atoms with Gasteiger partial charge in [-0.3, -0.25) is 0 Å². The number of unbranched alkanes of at least 4 members (excludes halogenated alkanes) is 6. The molecule has 0 saturated heterocycles. The molecular weight excluding hydrogens is 515 g/mol. The van der Waals surface area contributed by atoms with Crippen molar-refractivity contribution >= 4 is 33.7 Å². The molecule has 0 aromatic heterocycles. The molecule has 0 N–H and O–H groups in total. The molecular formula is C31H37IO. The van der Waals surface area contributed by atoms with Crippen LogP contribution < -0.4 is 4.74 Å². The van der Waals surface area contributed by atoms with E-state index < -0.39 is 0 Å². The third-order valence-corrected chi connectivity index (χ3v) is 6.79. The van der Waals surface area contributed by atoms with Gasteiger partial charge in [-0.1, -0.05) is 107 Å². The molecule has 33 heavy (non-hydrogen) atoms. The average molecular weight is 553 g/mol. The van der Waals surface area contributed by atoms with Crippen molar-refractivity contribution in [3.05, 3.63) is 99.1 Å². The minimum Gasteiger partial charge on any atom is -0.494 e. The van der Waals surface area contributed by atoms with Gasteiger partial charge < -0.3 is 4.74 Å². The molecule has 1 nitrogen and oxygen atoms in total. The SMILES string of the molecule is CCCCCCCCCOc1ccc(/C(=C(/CC)c2ccccc2)c2ccc(I)cc2)cc1. The minimum atomic E-state index is 0.803. The second-order valence-electron chi connectivity index (χ2n) is 8.57. The van der Waals surface area contributed by atoms with Crippen molar-refractivity contribution in [2.24, 2.45) is 0 Å². The lowest BCUT2D eigenvalue weighted by molar-refractivity contribution is 0.304. The quantitative estimate of drug-likeness (QED) is 0.117. The zero-order chi connectivity index (χ0) is 23.3. The fraction of sp³-hybridized carbons (Fsp3) is 0.355. The van der Waals surface area contributed by atoms with Gasteiger partial charge in [-0.15, -0.1) is 0 Å². The molecule has 0 heterocycles. The maximum Gasteiger partial charge on any atom is 0.119 e. The van der Waals surface area contributed by atoms with Crippen LogP contribution in [0, 0.1) is 3.57 Å². The van der Waals surface area contributed by atoms with E-state index in [1.54, 1.807) is 0 Å². The van der Waals surface area contributed by atoms with Gasteiger partial charge in [-0.05, 0) is 87.5 Å². The van der Waals surface area contributed by atoms with Crippen LogP contribution in [0.15, 0.2) is 78.9 Å². The number of benzene rings is 3. The Balaban J connectivity index is 1.74. The highest BCUT2D eigenvalue weighted by Crippen LogP contribution is 2.35. The normalized spacial score (nSPS) is 11.8. The summed E-state index contributed by atoms with van der Waals surface area (Å²) in [5, 5.41) is 0. The Labute approximate surface area is 214 Å². The van der Waals surface area contributed by atoms with Crippen molar-refractivity contribution in [3.63, 3.8) is 0 Å². The third-order valence-electron chi connectivity index (χ3n) is 6.07. The Bertz CT molecular complexity index is 972. The average Bonchev–Trinajstić information content (AvgIpc) is 2.86. The standard InChI is InChI=1S/C31H37IO/c1-3-5-6-7-8-9-13-24-33-29-22-18-27(19-23-29)31(26-16-20-28(32)21-17-26)30(4-2)25-14-11-10-12-15-25/h10-12,14-23H,3-9,13,24H2,1-2H3/b31-30-. The highest BCUT2D eigenvalue weighted by molar-refractivity contribution is 14.1. The molecule has 174 valence electrons. The van der Waals surface area contributed by atoms with Crippen LogP contribution in [-0.4, -0.2) is 6.61 Å². The summed E-state index contributed by atoms with van der Waals surface area (Å²) in [5.41, 5.74) is 6.45. The Kier molecular flexibility index (Phi) is 11.0. The first-order valence-corrected chi connectivity index (χ1v) is 13.6. The van der Waals surface area contributed by atoms with Crippen molar-refractivity contribution in [3.8, 4) is 5.75 Å². The van der Waals surface area contributed by atoms with E-state index in [1.807, 2.05) is 0 Å². The van der Waals surface area contributed by atoms with E-state index in [0.717, 1.165) is 25.2 Å². The summed E-state index contributed by atoms with van der Waals surface area (Å²) < 4.78 is 7.30. The monoisotopic (exact) mass is 552 g/mol. The van der Waals surface area contributed by atoms with E-state index in [9.17, 15) is 0 Å². The molecule has 2 heteroatoms. The molecule has 0 aliphatic heterocycles. The fourth-order valence-corrected chi connectivity index (χ4v) is 4.62. The maximum atomic E-state index is 6.04. The van der Waals surface area contributed by atoms with Crippen LogP contribution in [0.1, 0.15) is 81.9 Å². The van der Waals surface area contributed by atoms with Crippen molar-refractivity contribution in [1.82, 2.24) is 0 Å². The van der Waals surface area contributed by atoms with Crippen LogP contribution in [0.4, 0.5) is 0 Å². The van der Waals surface area contributed by atoms with Crippen LogP contribution in [-0.2, 0) is 0 Å². The van der Waals surface area contributed by atoms with Crippen molar-refractivity contribution in [2.75, 3.05) is 6.61 Å². The van der Waals surface area contributed by atoms with Crippen LogP contribution in [0.25, 0.3) is 11.1 Å². The van der Waals surface area contributed by atoms with Gasteiger partial charge in [0, 0.05) is 3.57 Å². The first-order chi connectivity index (χ1) is 16.2. The zero-order valence-corrected chi connectivity index (χ0v) is 22.3. The first kappa shape index (κ1) is 25.6. The van der Waals surface area contributed by atoms with Gasteiger partial charge in [0.1, 0.15) is 5.75 Å². The molecule has 3 aromatic carbocycles. The van der Waals surface area contributed by atoms with Crippen molar-refractivity contribution < 1.29 is 4.74 Å². The van der Waals surface area contributed by atoms with Gasteiger partial charge in [0.25, 0.3) is 0 Å². The topological polar surface area (TPSA) is 9.23 Å². The van der Waals surface area contributed by atoms with Gasteiger partial charge in [0.15, 0.2) is 0 Å². The number of ether oxygens (including phenoxy) is 1. The van der Waals surface area contributed by atoms with E-state index in [-0.39, 0.29) is 0 Å². The molecule has 0 unspecified atom stereocenters. The largest absolute Gasteiger partial charge is 0.494 e. The molecule has 0 spiro atoms.